The highest BCUT2D eigenvalue weighted by Gasteiger charge is 2.21. The molecule has 0 amide bonds. The number of aliphatic hydroxyl groups excluding tert-OH is 1. The highest BCUT2D eigenvalue weighted by molar-refractivity contribution is 5.52. The standard InChI is InChI=1S/C18H24N2O/c1-3-19(4-2)14-8-10-15(11-9-14)20-13-12-16-17(20)6-5-7-18(16)21/h8-13,18,21H,3-7H2,1-2H3. The van der Waals surface area contributed by atoms with Crippen LogP contribution in [0.15, 0.2) is 36.5 Å². The van der Waals surface area contributed by atoms with Crippen LogP contribution in [0.1, 0.15) is 44.1 Å². The molecule has 1 aromatic carbocycles. The number of benzene rings is 1. The van der Waals surface area contributed by atoms with Crippen molar-refractivity contribution in [2.24, 2.45) is 0 Å². The zero-order valence-electron chi connectivity index (χ0n) is 12.9. The normalized spacial score (nSPS) is 17.6. The molecular formula is C18H24N2O. The first-order valence-corrected chi connectivity index (χ1v) is 7.98. The third kappa shape index (κ3) is 2.58. The molecule has 112 valence electrons. The van der Waals surface area contributed by atoms with E-state index >= 15 is 0 Å². The van der Waals surface area contributed by atoms with Gasteiger partial charge in [-0.15, -0.1) is 0 Å². The first kappa shape index (κ1) is 14.2. The van der Waals surface area contributed by atoms with E-state index in [1.807, 2.05) is 0 Å². The maximum Gasteiger partial charge on any atom is 0.0807 e. The fourth-order valence-electron chi connectivity index (χ4n) is 3.32. The average Bonchev–Trinajstić information content (AvgIpc) is 2.95. The third-order valence-corrected chi connectivity index (χ3v) is 4.53. The average molecular weight is 284 g/mol. The largest absolute Gasteiger partial charge is 0.388 e. The Morgan fingerprint density at radius 2 is 1.86 bits per heavy atom. The van der Waals surface area contributed by atoms with Gasteiger partial charge >= 0.3 is 0 Å². The predicted octanol–water partition coefficient (Wildman–Crippen LogP) is 3.69. The Hall–Kier alpha value is -1.74. The van der Waals surface area contributed by atoms with Crippen molar-refractivity contribution >= 4 is 5.69 Å². The second kappa shape index (κ2) is 5.94. The van der Waals surface area contributed by atoms with Crippen LogP contribution in [0.3, 0.4) is 0 Å². The molecule has 0 radical (unpaired) electrons. The summed E-state index contributed by atoms with van der Waals surface area (Å²) in [5.74, 6) is 0. The van der Waals surface area contributed by atoms with Crippen LogP contribution in [-0.2, 0) is 6.42 Å². The number of rotatable bonds is 4. The Balaban J connectivity index is 1.91. The molecule has 0 fully saturated rings. The molecule has 0 bridgehead atoms. The molecule has 0 spiro atoms. The molecule has 0 aliphatic heterocycles. The summed E-state index contributed by atoms with van der Waals surface area (Å²) in [7, 11) is 0. The van der Waals surface area contributed by atoms with E-state index in [0.29, 0.717) is 0 Å². The molecule has 3 rings (SSSR count). The van der Waals surface area contributed by atoms with E-state index < -0.39 is 0 Å². The van der Waals surface area contributed by atoms with Crippen LogP contribution in [0.25, 0.3) is 5.69 Å². The lowest BCUT2D eigenvalue weighted by molar-refractivity contribution is 0.156. The van der Waals surface area contributed by atoms with E-state index in [4.69, 9.17) is 0 Å². The second-order valence-corrected chi connectivity index (χ2v) is 5.68. The summed E-state index contributed by atoms with van der Waals surface area (Å²) >= 11 is 0. The zero-order chi connectivity index (χ0) is 14.8. The molecular weight excluding hydrogens is 260 g/mol. The van der Waals surface area contributed by atoms with Gasteiger partial charge in [-0.1, -0.05) is 0 Å². The van der Waals surface area contributed by atoms with Gasteiger partial charge in [-0.25, -0.2) is 0 Å². The number of anilines is 1. The quantitative estimate of drug-likeness (QED) is 0.927. The van der Waals surface area contributed by atoms with Crippen molar-refractivity contribution < 1.29 is 5.11 Å². The van der Waals surface area contributed by atoms with Gasteiger partial charge in [0.2, 0.25) is 0 Å². The van der Waals surface area contributed by atoms with Crippen LogP contribution in [0.2, 0.25) is 0 Å². The molecule has 2 aromatic rings. The lowest BCUT2D eigenvalue weighted by Crippen LogP contribution is -2.21. The number of aromatic nitrogens is 1. The van der Waals surface area contributed by atoms with Gasteiger partial charge in [0.1, 0.15) is 0 Å². The minimum atomic E-state index is -0.287. The zero-order valence-corrected chi connectivity index (χ0v) is 12.9. The maximum atomic E-state index is 10.1. The molecule has 1 heterocycles. The Kier molecular flexibility index (Phi) is 4.02. The highest BCUT2D eigenvalue weighted by atomic mass is 16.3. The van der Waals surface area contributed by atoms with E-state index in [1.54, 1.807) is 0 Å². The summed E-state index contributed by atoms with van der Waals surface area (Å²) in [4.78, 5) is 2.35. The molecule has 21 heavy (non-hydrogen) atoms. The molecule has 1 N–H and O–H groups in total. The minimum absolute atomic E-state index is 0.287. The lowest BCUT2D eigenvalue weighted by Gasteiger charge is -2.22. The second-order valence-electron chi connectivity index (χ2n) is 5.68. The van der Waals surface area contributed by atoms with Gasteiger partial charge in [-0.3, -0.25) is 0 Å². The van der Waals surface area contributed by atoms with Gasteiger partial charge in [0.15, 0.2) is 0 Å². The molecule has 3 nitrogen and oxygen atoms in total. The topological polar surface area (TPSA) is 28.4 Å². The van der Waals surface area contributed by atoms with E-state index in [1.165, 1.54) is 17.1 Å². The van der Waals surface area contributed by atoms with Crippen LogP contribution < -0.4 is 4.90 Å². The molecule has 0 saturated heterocycles. The molecule has 1 unspecified atom stereocenters. The number of nitrogens with zero attached hydrogens (tertiary/aromatic N) is 2. The molecule has 1 atom stereocenters. The summed E-state index contributed by atoms with van der Waals surface area (Å²) in [6.45, 7) is 6.42. The van der Waals surface area contributed by atoms with E-state index in [0.717, 1.165) is 37.9 Å². The van der Waals surface area contributed by atoms with E-state index in [-0.39, 0.29) is 6.10 Å². The predicted molar refractivity (Wildman–Crippen MR) is 87.2 cm³/mol. The van der Waals surface area contributed by atoms with Crippen LogP contribution in [-0.4, -0.2) is 22.8 Å². The van der Waals surface area contributed by atoms with Crippen molar-refractivity contribution in [3.63, 3.8) is 0 Å². The highest BCUT2D eigenvalue weighted by Crippen LogP contribution is 2.32. The summed E-state index contributed by atoms with van der Waals surface area (Å²) in [5, 5.41) is 10.1. The molecule has 1 aromatic heterocycles. The van der Waals surface area contributed by atoms with E-state index in [2.05, 4.69) is 59.8 Å². The Labute approximate surface area is 126 Å². The lowest BCUT2D eigenvalue weighted by atomic mass is 9.95. The van der Waals surface area contributed by atoms with Crippen molar-refractivity contribution in [1.82, 2.24) is 4.57 Å². The van der Waals surface area contributed by atoms with Crippen molar-refractivity contribution in [2.45, 2.75) is 39.2 Å². The van der Waals surface area contributed by atoms with Crippen molar-refractivity contribution in [3.05, 3.63) is 47.8 Å². The van der Waals surface area contributed by atoms with Crippen molar-refractivity contribution in [1.29, 1.82) is 0 Å². The number of hydrogen-bond donors (Lipinski definition) is 1. The Morgan fingerprint density at radius 3 is 2.52 bits per heavy atom. The molecule has 1 aliphatic rings. The van der Waals surface area contributed by atoms with Crippen LogP contribution in [0.5, 0.6) is 0 Å². The van der Waals surface area contributed by atoms with Gasteiger partial charge < -0.3 is 14.6 Å². The van der Waals surface area contributed by atoms with Gasteiger partial charge in [-0.05, 0) is 63.4 Å². The monoisotopic (exact) mass is 284 g/mol. The summed E-state index contributed by atoms with van der Waals surface area (Å²) in [6.07, 6.45) is 4.81. The van der Waals surface area contributed by atoms with Gasteiger partial charge in [-0.2, -0.15) is 0 Å². The number of hydrogen-bond acceptors (Lipinski definition) is 2. The fraction of sp³-hybridized carbons (Fsp3) is 0.444. The molecule has 3 heteroatoms. The molecule has 0 saturated carbocycles. The summed E-state index contributed by atoms with van der Waals surface area (Å²) in [6, 6.07) is 10.8. The van der Waals surface area contributed by atoms with Crippen LogP contribution in [0, 0.1) is 0 Å². The van der Waals surface area contributed by atoms with Crippen LogP contribution in [0.4, 0.5) is 5.69 Å². The number of aliphatic hydroxyl groups is 1. The summed E-state index contributed by atoms with van der Waals surface area (Å²) < 4.78 is 2.23. The summed E-state index contributed by atoms with van der Waals surface area (Å²) in [5.41, 5.74) is 4.82. The van der Waals surface area contributed by atoms with Crippen molar-refractivity contribution in [3.8, 4) is 5.69 Å². The third-order valence-electron chi connectivity index (χ3n) is 4.53. The van der Waals surface area contributed by atoms with Gasteiger partial charge in [0.25, 0.3) is 0 Å². The van der Waals surface area contributed by atoms with Gasteiger partial charge in [0, 0.05) is 41.9 Å². The Morgan fingerprint density at radius 1 is 1.14 bits per heavy atom. The fourth-order valence-corrected chi connectivity index (χ4v) is 3.32. The first-order chi connectivity index (χ1) is 10.2. The van der Waals surface area contributed by atoms with E-state index in [9.17, 15) is 5.11 Å². The van der Waals surface area contributed by atoms with Gasteiger partial charge in [0.05, 0.1) is 6.10 Å². The molecule has 1 aliphatic carbocycles. The SMILES string of the molecule is CCN(CC)c1ccc(-n2ccc3c2CCCC3O)cc1. The maximum absolute atomic E-state index is 10.1. The van der Waals surface area contributed by atoms with Crippen molar-refractivity contribution in [2.75, 3.05) is 18.0 Å². The smallest absolute Gasteiger partial charge is 0.0807 e. The Bertz CT molecular complexity index is 596. The first-order valence-electron chi connectivity index (χ1n) is 7.98. The number of fused-ring (bicyclic) bond motifs is 1. The minimum Gasteiger partial charge on any atom is -0.388 e. The van der Waals surface area contributed by atoms with Crippen LogP contribution >= 0.6 is 0 Å².